The van der Waals surface area contributed by atoms with E-state index in [1.54, 1.807) is 12.1 Å². The van der Waals surface area contributed by atoms with Gasteiger partial charge in [-0.2, -0.15) is 0 Å². The highest BCUT2D eigenvalue weighted by Gasteiger charge is 2.39. The van der Waals surface area contributed by atoms with Gasteiger partial charge in [0.15, 0.2) is 0 Å². The normalized spacial score (nSPS) is 13.2. The molecule has 0 spiro atoms. The van der Waals surface area contributed by atoms with Crippen LogP contribution in [0, 0.1) is 5.82 Å². The Balaban J connectivity index is 1.68. The van der Waals surface area contributed by atoms with Gasteiger partial charge in [-0.05, 0) is 36.4 Å². The summed E-state index contributed by atoms with van der Waals surface area (Å²) in [6.07, 6.45) is 0. The fourth-order valence-electron chi connectivity index (χ4n) is 2.62. The first kappa shape index (κ1) is 15.7. The molecule has 3 aromatic rings. The van der Waals surface area contributed by atoms with Gasteiger partial charge in [0.1, 0.15) is 17.0 Å². The number of fused-ring (bicyclic) bond motifs is 2. The number of hydrogen-bond acceptors (Lipinski definition) is 6. The maximum atomic E-state index is 13.3. The maximum absolute atomic E-state index is 13.3. The molecule has 1 aliphatic rings. The standard InChI is InChI=1S/C18H8FNO6/c19-10-5-6-14-9(7-10)8-13(17(23)25-14)18(24)26-20-15(21)11-3-1-2-4-12(11)16(20)22/h1-8H. The van der Waals surface area contributed by atoms with Crippen LogP contribution in [0.5, 0.6) is 0 Å². The first-order valence-electron chi connectivity index (χ1n) is 7.39. The SMILES string of the molecule is O=C(ON1C(=O)c2ccccc2C1=O)c1cc2cc(F)ccc2oc1=O. The van der Waals surface area contributed by atoms with Gasteiger partial charge in [-0.25, -0.2) is 14.0 Å². The Kier molecular flexibility index (Phi) is 3.40. The third-order valence-electron chi connectivity index (χ3n) is 3.85. The Hall–Kier alpha value is -3.81. The molecule has 0 aliphatic carbocycles. The fraction of sp³-hybridized carbons (Fsp3) is 0. The molecule has 2 amide bonds. The largest absolute Gasteiger partial charge is 0.422 e. The van der Waals surface area contributed by atoms with E-state index in [1.165, 1.54) is 18.2 Å². The van der Waals surface area contributed by atoms with Crippen molar-refractivity contribution in [2.75, 3.05) is 0 Å². The van der Waals surface area contributed by atoms with Gasteiger partial charge in [-0.1, -0.05) is 17.2 Å². The van der Waals surface area contributed by atoms with Crippen molar-refractivity contribution in [1.82, 2.24) is 5.06 Å². The van der Waals surface area contributed by atoms with E-state index in [0.29, 0.717) is 0 Å². The van der Waals surface area contributed by atoms with Crippen LogP contribution >= 0.6 is 0 Å². The second kappa shape index (κ2) is 5.62. The van der Waals surface area contributed by atoms with E-state index in [0.717, 1.165) is 18.2 Å². The van der Waals surface area contributed by atoms with Gasteiger partial charge < -0.3 is 9.25 Å². The van der Waals surface area contributed by atoms with Crippen LogP contribution in [0.4, 0.5) is 4.39 Å². The van der Waals surface area contributed by atoms with Crippen LogP contribution in [0.15, 0.2) is 57.7 Å². The van der Waals surface area contributed by atoms with Crippen molar-refractivity contribution in [3.8, 4) is 0 Å². The molecule has 0 fully saturated rings. The molecule has 26 heavy (non-hydrogen) atoms. The fourth-order valence-corrected chi connectivity index (χ4v) is 2.62. The van der Waals surface area contributed by atoms with Crippen LogP contribution in [-0.4, -0.2) is 22.8 Å². The molecule has 0 atom stereocenters. The van der Waals surface area contributed by atoms with E-state index >= 15 is 0 Å². The second-order valence-corrected chi connectivity index (χ2v) is 5.46. The Morgan fingerprint density at radius 2 is 1.62 bits per heavy atom. The minimum atomic E-state index is -1.26. The zero-order valence-corrected chi connectivity index (χ0v) is 12.9. The second-order valence-electron chi connectivity index (χ2n) is 5.46. The van der Waals surface area contributed by atoms with Crippen molar-refractivity contribution in [3.05, 3.63) is 81.5 Å². The van der Waals surface area contributed by atoms with Crippen LogP contribution in [0.1, 0.15) is 31.1 Å². The summed E-state index contributed by atoms with van der Waals surface area (Å²) in [6.45, 7) is 0. The predicted molar refractivity (Wildman–Crippen MR) is 84.8 cm³/mol. The molecule has 8 heteroatoms. The van der Waals surface area contributed by atoms with Crippen molar-refractivity contribution in [1.29, 1.82) is 0 Å². The molecule has 2 heterocycles. The summed E-state index contributed by atoms with van der Waals surface area (Å²) < 4.78 is 18.3. The molecule has 0 saturated heterocycles. The Morgan fingerprint density at radius 3 is 2.27 bits per heavy atom. The van der Waals surface area contributed by atoms with Crippen LogP contribution in [0.25, 0.3) is 11.0 Å². The summed E-state index contributed by atoms with van der Waals surface area (Å²) in [6, 6.07) is 10.4. The number of carbonyl (C=O) groups is 3. The zero-order chi connectivity index (χ0) is 18.4. The highest BCUT2D eigenvalue weighted by Crippen LogP contribution is 2.23. The number of carbonyl (C=O) groups excluding carboxylic acids is 3. The highest BCUT2D eigenvalue weighted by molar-refractivity contribution is 6.21. The number of benzene rings is 2. The van der Waals surface area contributed by atoms with E-state index in [4.69, 9.17) is 9.25 Å². The molecule has 1 aromatic heterocycles. The molecule has 1 aliphatic heterocycles. The molecular weight excluding hydrogens is 345 g/mol. The predicted octanol–water partition coefficient (Wildman–Crippen LogP) is 2.30. The quantitative estimate of drug-likeness (QED) is 0.518. The summed E-state index contributed by atoms with van der Waals surface area (Å²) in [5.74, 6) is -3.50. The van der Waals surface area contributed by atoms with E-state index in [-0.39, 0.29) is 27.2 Å². The maximum Gasteiger partial charge on any atom is 0.371 e. The third-order valence-corrected chi connectivity index (χ3v) is 3.85. The first-order chi connectivity index (χ1) is 12.5. The number of imide groups is 1. The molecule has 4 rings (SSSR count). The molecule has 0 bridgehead atoms. The first-order valence-corrected chi connectivity index (χ1v) is 7.39. The molecule has 0 unspecified atom stereocenters. The van der Waals surface area contributed by atoms with Crippen molar-refractivity contribution in [2.45, 2.75) is 0 Å². The summed E-state index contributed by atoms with van der Waals surface area (Å²) >= 11 is 0. The summed E-state index contributed by atoms with van der Waals surface area (Å²) in [7, 11) is 0. The zero-order valence-electron chi connectivity index (χ0n) is 12.9. The molecular formula is C18H8FNO6. The van der Waals surface area contributed by atoms with E-state index in [1.807, 2.05) is 0 Å². The minimum Gasteiger partial charge on any atom is -0.422 e. The molecule has 0 radical (unpaired) electrons. The van der Waals surface area contributed by atoms with Gasteiger partial charge in [0.25, 0.3) is 11.8 Å². The lowest BCUT2D eigenvalue weighted by atomic mass is 10.1. The van der Waals surface area contributed by atoms with E-state index < -0.39 is 34.8 Å². The lowest BCUT2D eigenvalue weighted by molar-refractivity contribution is -0.0587. The molecule has 128 valence electrons. The van der Waals surface area contributed by atoms with Crippen LogP contribution in [-0.2, 0) is 4.84 Å². The topological polar surface area (TPSA) is 93.9 Å². The summed E-state index contributed by atoms with van der Waals surface area (Å²) in [4.78, 5) is 53.4. The van der Waals surface area contributed by atoms with Gasteiger partial charge in [0.05, 0.1) is 11.1 Å². The number of hydrogen-bond donors (Lipinski definition) is 0. The number of rotatable bonds is 2. The molecule has 0 N–H and O–H groups in total. The Labute approximate surface area is 144 Å². The van der Waals surface area contributed by atoms with Gasteiger partial charge in [-0.3, -0.25) is 9.59 Å². The van der Waals surface area contributed by atoms with Crippen molar-refractivity contribution in [3.63, 3.8) is 0 Å². The monoisotopic (exact) mass is 353 g/mol. The summed E-state index contributed by atoms with van der Waals surface area (Å²) in [5.41, 5.74) is -1.37. The Morgan fingerprint density at radius 1 is 0.962 bits per heavy atom. The minimum absolute atomic E-state index is 0.0775. The van der Waals surface area contributed by atoms with Gasteiger partial charge in [0.2, 0.25) is 0 Å². The average Bonchev–Trinajstić information content (AvgIpc) is 2.87. The van der Waals surface area contributed by atoms with E-state index in [9.17, 15) is 23.6 Å². The van der Waals surface area contributed by atoms with Gasteiger partial charge in [-0.15, -0.1) is 0 Å². The molecule has 7 nitrogen and oxygen atoms in total. The number of halogens is 1. The number of amides is 2. The van der Waals surface area contributed by atoms with Crippen molar-refractivity contribution < 1.29 is 28.0 Å². The lowest BCUT2D eigenvalue weighted by Gasteiger charge is -2.12. The van der Waals surface area contributed by atoms with Crippen LogP contribution in [0.3, 0.4) is 0 Å². The van der Waals surface area contributed by atoms with Gasteiger partial charge >= 0.3 is 11.6 Å². The van der Waals surface area contributed by atoms with Crippen LogP contribution in [0.2, 0.25) is 0 Å². The Bertz CT molecular complexity index is 1130. The van der Waals surface area contributed by atoms with Crippen LogP contribution < -0.4 is 5.63 Å². The number of hydroxylamine groups is 2. The highest BCUT2D eigenvalue weighted by atomic mass is 19.1. The molecule has 2 aromatic carbocycles. The third kappa shape index (κ3) is 2.35. The smallest absolute Gasteiger partial charge is 0.371 e. The molecule has 0 saturated carbocycles. The number of nitrogens with zero attached hydrogens (tertiary/aromatic N) is 1. The van der Waals surface area contributed by atoms with Crippen molar-refractivity contribution >= 4 is 28.8 Å². The van der Waals surface area contributed by atoms with Crippen molar-refractivity contribution in [2.24, 2.45) is 0 Å². The van der Waals surface area contributed by atoms with Gasteiger partial charge in [0, 0.05) is 5.39 Å². The van der Waals surface area contributed by atoms with E-state index in [2.05, 4.69) is 0 Å². The lowest BCUT2D eigenvalue weighted by Crippen LogP contribution is -2.34. The summed E-state index contributed by atoms with van der Waals surface area (Å²) in [5, 5.41) is 0.432. The average molecular weight is 353 g/mol.